The van der Waals surface area contributed by atoms with Gasteiger partial charge in [-0.25, -0.2) is 9.97 Å². The lowest BCUT2D eigenvalue weighted by molar-refractivity contribution is 0.662. The molecule has 0 aliphatic heterocycles. The van der Waals surface area contributed by atoms with Crippen LogP contribution in [0.3, 0.4) is 0 Å². The highest BCUT2D eigenvalue weighted by Crippen LogP contribution is 2.42. The summed E-state index contributed by atoms with van der Waals surface area (Å²) in [6.07, 6.45) is 0. The summed E-state index contributed by atoms with van der Waals surface area (Å²) in [7, 11) is 0. The predicted octanol–water partition coefficient (Wildman–Crippen LogP) is 12.5. The molecule has 0 amide bonds. The summed E-state index contributed by atoms with van der Waals surface area (Å²) in [6, 6.07) is 60.1. The highest BCUT2D eigenvalue weighted by atomic mass is 16.3. The largest absolute Gasteiger partial charge is 0.450 e. The summed E-state index contributed by atoms with van der Waals surface area (Å²) in [5, 5.41) is 10.2. The molecule has 0 atom stereocenters. The first-order chi connectivity index (χ1) is 26.3. The third kappa shape index (κ3) is 4.02. The second kappa shape index (κ2) is 10.6. The molecule has 12 rings (SSSR count). The van der Waals surface area contributed by atoms with Gasteiger partial charge in [0.05, 0.1) is 27.5 Å². The minimum absolute atomic E-state index is 0.654. The highest BCUT2D eigenvalue weighted by molar-refractivity contribution is 6.21. The predicted molar refractivity (Wildman–Crippen MR) is 218 cm³/mol. The van der Waals surface area contributed by atoms with E-state index in [-0.39, 0.29) is 0 Å². The number of para-hydroxylation sites is 3. The standard InChI is InChI=1S/C48H28N4O/c1-2-15-33(16-3-1)51-39-20-10-8-18-35(39)37-28-42-38(27-41(37)51)36-19-9-11-21-40(36)52(42)48-46-45(44-34-17-7-6-13-30(34)24-25-43(44)53-46)49-47(50-48)32-23-22-29-12-4-5-14-31(29)26-32/h1-28H. The Balaban J connectivity index is 1.25. The van der Waals surface area contributed by atoms with E-state index in [0.29, 0.717) is 11.4 Å². The third-order valence-electron chi connectivity index (χ3n) is 10.9. The molecule has 0 unspecified atom stereocenters. The number of hydrogen-bond acceptors (Lipinski definition) is 3. The number of nitrogens with zero attached hydrogens (tertiary/aromatic N) is 4. The van der Waals surface area contributed by atoms with Gasteiger partial charge < -0.3 is 8.98 Å². The first kappa shape index (κ1) is 28.5. The molecule has 0 saturated carbocycles. The van der Waals surface area contributed by atoms with Gasteiger partial charge in [-0.1, -0.05) is 121 Å². The number of furan rings is 1. The second-order valence-corrected chi connectivity index (χ2v) is 13.8. The molecule has 246 valence electrons. The van der Waals surface area contributed by atoms with Crippen LogP contribution in [0.1, 0.15) is 0 Å². The minimum atomic E-state index is 0.654. The molecule has 0 aliphatic rings. The lowest BCUT2D eigenvalue weighted by atomic mass is 10.1. The molecule has 0 spiro atoms. The molecule has 4 heterocycles. The fraction of sp³-hybridized carbons (Fsp3) is 0. The van der Waals surface area contributed by atoms with Crippen molar-refractivity contribution in [3.05, 3.63) is 170 Å². The Morgan fingerprint density at radius 3 is 1.79 bits per heavy atom. The van der Waals surface area contributed by atoms with Gasteiger partial charge in [-0.05, 0) is 70.1 Å². The van der Waals surface area contributed by atoms with Crippen molar-refractivity contribution < 1.29 is 4.42 Å². The second-order valence-electron chi connectivity index (χ2n) is 13.8. The van der Waals surface area contributed by atoms with Gasteiger partial charge in [-0.2, -0.15) is 0 Å². The number of rotatable bonds is 3. The molecule has 12 aromatic rings. The number of hydrogen-bond donors (Lipinski definition) is 0. The SMILES string of the molecule is c1ccc(-n2c3ccccc3c3cc4c(cc32)c2ccccc2n4-c2nc(-c3ccc4ccccc4c3)nc3c2oc2ccc4ccccc4c23)cc1. The van der Waals surface area contributed by atoms with E-state index in [2.05, 4.69) is 179 Å². The Hall–Kier alpha value is -7.24. The topological polar surface area (TPSA) is 48.8 Å². The Bertz CT molecular complexity index is 3460. The van der Waals surface area contributed by atoms with Crippen LogP contribution in [0.5, 0.6) is 0 Å². The number of benzene rings is 8. The molecule has 4 aromatic heterocycles. The van der Waals surface area contributed by atoms with Crippen molar-refractivity contribution in [3.8, 4) is 22.9 Å². The van der Waals surface area contributed by atoms with Gasteiger partial charge in [0.1, 0.15) is 11.1 Å². The molecule has 0 radical (unpaired) electrons. The maximum atomic E-state index is 6.84. The van der Waals surface area contributed by atoms with Gasteiger partial charge in [0.2, 0.25) is 0 Å². The Kier molecular flexibility index (Phi) is 5.71. The van der Waals surface area contributed by atoms with E-state index >= 15 is 0 Å². The van der Waals surface area contributed by atoms with Crippen molar-refractivity contribution in [1.82, 2.24) is 19.1 Å². The van der Waals surface area contributed by atoms with Gasteiger partial charge in [0, 0.05) is 32.8 Å². The van der Waals surface area contributed by atoms with E-state index < -0.39 is 0 Å². The van der Waals surface area contributed by atoms with E-state index in [1.807, 2.05) is 0 Å². The lowest BCUT2D eigenvalue weighted by Crippen LogP contribution is -2.02. The summed E-state index contributed by atoms with van der Waals surface area (Å²) < 4.78 is 11.5. The number of aromatic nitrogens is 4. The maximum absolute atomic E-state index is 6.84. The van der Waals surface area contributed by atoms with E-state index in [1.165, 1.54) is 21.7 Å². The van der Waals surface area contributed by atoms with Crippen LogP contribution in [-0.4, -0.2) is 19.1 Å². The zero-order valence-electron chi connectivity index (χ0n) is 28.4. The molecule has 8 aromatic carbocycles. The average Bonchev–Trinajstić information content (AvgIpc) is 3.87. The van der Waals surface area contributed by atoms with Crippen molar-refractivity contribution in [2.45, 2.75) is 0 Å². The van der Waals surface area contributed by atoms with Crippen molar-refractivity contribution in [1.29, 1.82) is 0 Å². The molecule has 0 N–H and O–H groups in total. The fourth-order valence-corrected chi connectivity index (χ4v) is 8.52. The summed E-state index contributed by atoms with van der Waals surface area (Å²) in [6.45, 7) is 0. The molecule has 53 heavy (non-hydrogen) atoms. The van der Waals surface area contributed by atoms with Gasteiger partial charge in [0.15, 0.2) is 17.2 Å². The van der Waals surface area contributed by atoms with Gasteiger partial charge in [-0.15, -0.1) is 0 Å². The van der Waals surface area contributed by atoms with Crippen molar-refractivity contribution >= 4 is 87.2 Å². The van der Waals surface area contributed by atoms with Gasteiger partial charge in [0.25, 0.3) is 0 Å². The van der Waals surface area contributed by atoms with Crippen LogP contribution in [0.2, 0.25) is 0 Å². The Labute approximate surface area is 302 Å². The number of fused-ring (bicyclic) bond motifs is 12. The molecule has 0 fully saturated rings. The zero-order chi connectivity index (χ0) is 34.6. The van der Waals surface area contributed by atoms with Crippen LogP contribution in [0.25, 0.3) is 110 Å². The van der Waals surface area contributed by atoms with Crippen LogP contribution in [0.4, 0.5) is 0 Å². The maximum Gasteiger partial charge on any atom is 0.197 e. The van der Waals surface area contributed by atoms with E-state index in [4.69, 9.17) is 14.4 Å². The normalized spacial score (nSPS) is 12.2. The molecule has 5 heteroatoms. The van der Waals surface area contributed by atoms with E-state index in [0.717, 1.165) is 77.0 Å². The zero-order valence-corrected chi connectivity index (χ0v) is 28.4. The van der Waals surface area contributed by atoms with Crippen molar-refractivity contribution in [3.63, 3.8) is 0 Å². The van der Waals surface area contributed by atoms with Gasteiger partial charge >= 0.3 is 0 Å². The Morgan fingerprint density at radius 1 is 0.415 bits per heavy atom. The van der Waals surface area contributed by atoms with Crippen LogP contribution < -0.4 is 0 Å². The summed E-state index contributed by atoms with van der Waals surface area (Å²) in [4.78, 5) is 10.8. The first-order valence-electron chi connectivity index (χ1n) is 17.9. The van der Waals surface area contributed by atoms with Crippen molar-refractivity contribution in [2.24, 2.45) is 0 Å². The van der Waals surface area contributed by atoms with E-state index in [1.54, 1.807) is 0 Å². The fourth-order valence-electron chi connectivity index (χ4n) is 8.52. The monoisotopic (exact) mass is 676 g/mol. The smallest absolute Gasteiger partial charge is 0.197 e. The highest BCUT2D eigenvalue weighted by Gasteiger charge is 2.24. The first-order valence-corrected chi connectivity index (χ1v) is 17.9. The molecule has 5 nitrogen and oxygen atoms in total. The van der Waals surface area contributed by atoms with E-state index in [9.17, 15) is 0 Å². The Morgan fingerprint density at radius 2 is 1.02 bits per heavy atom. The lowest BCUT2D eigenvalue weighted by Gasteiger charge is -2.11. The molecule has 0 aliphatic carbocycles. The van der Waals surface area contributed by atoms with Crippen LogP contribution >= 0.6 is 0 Å². The summed E-state index contributed by atoms with van der Waals surface area (Å²) in [5.74, 6) is 1.37. The molecule has 0 bridgehead atoms. The third-order valence-corrected chi connectivity index (χ3v) is 10.9. The molecule has 0 saturated heterocycles. The van der Waals surface area contributed by atoms with Gasteiger partial charge in [-0.3, -0.25) is 4.57 Å². The average molecular weight is 677 g/mol. The summed E-state index contributed by atoms with van der Waals surface area (Å²) >= 11 is 0. The minimum Gasteiger partial charge on any atom is -0.450 e. The quantitative estimate of drug-likeness (QED) is 0.187. The molecular weight excluding hydrogens is 649 g/mol. The van der Waals surface area contributed by atoms with Crippen LogP contribution in [0, 0.1) is 0 Å². The van der Waals surface area contributed by atoms with Crippen molar-refractivity contribution in [2.75, 3.05) is 0 Å². The van der Waals surface area contributed by atoms with Crippen LogP contribution in [-0.2, 0) is 0 Å². The van der Waals surface area contributed by atoms with Crippen LogP contribution in [0.15, 0.2) is 174 Å². The summed E-state index contributed by atoms with van der Waals surface area (Å²) in [5.41, 5.74) is 8.79. The molecular formula is C48H28N4O.